The van der Waals surface area contributed by atoms with Gasteiger partial charge in [0.25, 0.3) is 0 Å². The van der Waals surface area contributed by atoms with Crippen LogP contribution in [0.5, 0.6) is 0 Å². The van der Waals surface area contributed by atoms with Crippen molar-refractivity contribution in [1.82, 2.24) is 9.80 Å². The molecule has 0 spiro atoms. The summed E-state index contributed by atoms with van der Waals surface area (Å²) >= 11 is 0. The number of hydrogen-bond donors (Lipinski definition) is 1. The number of nitrogens with two attached hydrogens (primary N) is 1. The molecule has 0 aromatic carbocycles. The molecule has 0 aromatic heterocycles. The molecule has 0 bridgehead atoms. The molecular formula is C16H33N3O. The fraction of sp³-hybridized carbons (Fsp3) is 0.938. The number of carbonyl (C=O) groups is 1. The second-order valence-corrected chi connectivity index (χ2v) is 7.41. The second-order valence-electron chi connectivity index (χ2n) is 7.41. The standard InChI is InChI=1S/C16H33N3O/c1-6-14-12-18(5)8-7-9-19(14)15(20)13(11-17)10-16(2,3)4/h13-14H,6-12,17H2,1-5H3. The molecule has 2 unspecified atom stereocenters. The van der Waals surface area contributed by atoms with E-state index in [0.29, 0.717) is 12.6 Å². The zero-order valence-electron chi connectivity index (χ0n) is 14.0. The van der Waals surface area contributed by atoms with Gasteiger partial charge in [0.05, 0.1) is 5.92 Å². The number of nitrogens with zero attached hydrogens (tertiary/aromatic N) is 2. The lowest BCUT2D eigenvalue weighted by molar-refractivity contribution is -0.138. The lowest BCUT2D eigenvalue weighted by atomic mass is 9.84. The SMILES string of the molecule is CCC1CN(C)CCCN1C(=O)C(CN)CC(C)(C)C. The van der Waals surface area contributed by atoms with Gasteiger partial charge in [0.2, 0.25) is 5.91 Å². The molecule has 1 rings (SSSR count). The van der Waals surface area contributed by atoms with Crippen molar-refractivity contribution in [2.45, 2.75) is 53.0 Å². The second kappa shape index (κ2) is 7.41. The maximum atomic E-state index is 12.9. The Morgan fingerprint density at radius 1 is 1.35 bits per heavy atom. The van der Waals surface area contributed by atoms with Gasteiger partial charge in [-0.05, 0) is 38.3 Å². The van der Waals surface area contributed by atoms with Crippen LogP contribution in [-0.4, -0.2) is 55.0 Å². The first kappa shape index (κ1) is 17.4. The Balaban J connectivity index is 2.80. The Morgan fingerprint density at radius 2 is 2.00 bits per heavy atom. The van der Waals surface area contributed by atoms with E-state index in [9.17, 15) is 4.79 Å². The maximum absolute atomic E-state index is 12.9. The molecule has 1 aliphatic heterocycles. The van der Waals surface area contributed by atoms with Gasteiger partial charge >= 0.3 is 0 Å². The van der Waals surface area contributed by atoms with E-state index in [0.717, 1.165) is 38.9 Å². The van der Waals surface area contributed by atoms with Crippen molar-refractivity contribution < 1.29 is 4.79 Å². The average Bonchev–Trinajstić information content (AvgIpc) is 2.55. The van der Waals surface area contributed by atoms with Crippen molar-refractivity contribution in [3.8, 4) is 0 Å². The van der Waals surface area contributed by atoms with Gasteiger partial charge in [0.15, 0.2) is 0 Å². The first-order valence-corrected chi connectivity index (χ1v) is 7.97. The molecule has 1 saturated heterocycles. The summed E-state index contributed by atoms with van der Waals surface area (Å²) in [5, 5.41) is 0. The third kappa shape index (κ3) is 5.06. The predicted molar refractivity (Wildman–Crippen MR) is 84.5 cm³/mol. The van der Waals surface area contributed by atoms with Crippen molar-refractivity contribution in [3.05, 3.63) is 0 Å². The van der Waals surface area contributed by atoms with Crippen LogP contribution >= 0.6 is 0 Å². The van der Waals surface area contributed by atoms with E-state index >= 15 is 0 Å². The first-order chi connectivity index (χ1) is 9.28. The highest BCUT2D eigenvalue weighted by atomic mass is 16.2. The molecule has 118 valence electrons. The highest BCUT2D eigenvalue weighted by molar-refractivity contribution is 5.79. The minimum absolute atomic E-state index is 0.0348. The minimum atomic E-state index is -0.0348. The van der Waals surface area contributed by atoms with Crippen LogP contribution in [0.15, 0.2) is 0 Å². The van der Waals surface area contributed by atoms with E-state index < -0.39 is 0 Å². The van der Waals surface area contributed by atoms with Gasteiger partial charge < -0.3 is 15.5 Å². The summed E-state index contributed by atoms with van der Waals surface area (Å²) in [5.41, 5.74) is 6.03. The summed E-state index contributed by atoms with van der Waals surface area (Å²) in [6, 6.07) is 0.337. The maximum Gasteiger partial charge on any atom is 0.227 e. The normalized spacial score (nSPS) is 23.5. The number of amides is 1. The van der Waals surface area contributed by atoms with Crippen LogP contribution in [0, 0.1) is 11.3 Å². The van der Waals surface area contributed by atoms with E-state index in [-0.39, 0.29) is 17.2 Å². The highest BCUT2D eigenvalue weighted by Crippen LogP contribution is 2.26. The van der Waals surface area contributed by atoms with E-state index in [1.54, 1.807) is 0 Å². The number of hydrogen-bond acceptors (Lipinski definition) is 3. The summed E-state index contributed by atoms with van der Waals surface area (Å²) in [6.45, 7) is 12.1. The van der Waals surface area contributed by atoms with Crippen molar-refractivity contribution in [3.63, 3.8) is 0 Å². The topological polar surface area (TPSA) is 49.6 Å². The fourth-order valence-corrected chi connectivity index (χ4v) is 3.13. The molecule has 20 heavy (non-hydrogen) atoms. The molecule has 4 nitrogen and oxygen atoms in total. The lowest BCUT2D eigenvalue weighted by Gasteiger charge is -2.34. The van der Waals surface area contributed by atoms with Crippen LogP contribution in [-0.2, 0) is 4.79 Å². The quantitative estimate of drug-likeness (QED) is 0.858. The molecule has 4 heteroatoms. The number of rotatable bonds is 4. The summed E-state index contributed by atoms with van der Waals surface area (Å²) in [5.74, 6) is 0.233. The van der Waals surface area contributed by atoms with Gasteiger partial charge in [-0.15, -0.1) is 0 Å². The van der Waals surface area contributed by atoms with Crippen molar-refractivity contribution >= 4 is 5.91 Å². The summed E-state index contributed by atoms with van der Waals surface area (Å²) in [7, 11) is 2.15. The molecule has 0 aliphatic carbocycles. The van der Waals surface area contributed by atoms with Crippen molar-refractivity contribution in [1.29, 1.82) is 0 Å². The summed E-state index contributed by atoms with van der Waals surface area (Å²) in [4.78, 5) is 17.3. The number of likely N-dealkylation sites (N-methyl/N-ethyl adjacent to an activating group) is 1. The largest absolute Gasteiger partial charge is 0.338 e. The Kier molecular flexibility index (Phi) is 6.46. The highest BCUT2D eigenvalue weighted by Gasteiger charge is 2.32. The van der Waals surface area contributed by atoms with E-state index in [4.69, 9.17) is 5.73 Å². The van der Waals surface area contributed by atoms with Gasteiger partial charge in [-0.25, -0.2) is 0 Å². The Labute approximate surface area is 124 Å². The molecular weight excluding hydrogens is 250 g/mol. The van der Waals surface area contributed by atoms with Crippen LogP contribution in [0.25, 0.3) is 0 Å². The van der Waals surface area contributed by atoms with Gasteiger partial charge in [-0.2, -0.15) is 0 Å². The molecule has 2 atom stereocenters. The van der Waals surface area contributed by atoms with Crippen LogP contribution in [0.1, 0.15) is 47.0 Å². The Hall–Kier alpha value is -0.610. The third-order valence-electron chi connectivity index (χ3n) is 4.15. The third-order valence-corrected chi connectivity index (χ3v) is 4.15. The fourth-order valence-electron chi connectivity index (χ4n) is 3.13. The molecule has 1 amide bonds. The van der Waals surface area contributed by atoms with Crippen LogP contribution in [0.4, 0.5) is 0 Å². The molecule has 2 N–H and O–H groups in total. The molecule has 0 radical (unpaired) electrons. The van der Waals surface area contributed by atoms with Crippen molar-refractivity contribution in [2.75, 3.05) is 33.2 Å². The van der Waals surface area contributed by atoms with Crippen LogP contribution < -0.4 is 5.73 Å². The monoisotopic (exact) mass is 283 g/mol. The first-order valence-electron chi connectivity index (χ1n) is 7.97. The summed E-state index contributed by atoms with van der Waals surface area (Å²) < 4.78 is 0. The van der Waals surface area contributed by atoms with Crippen molar-refractivity contribution in [2.24, 2.45) is 17.1 Å². The van der Waals surface area contributed by atoms with Crippen LogP contribution in [0.2, 0.25) is 0 Å². The Morgan fingerprint density at radius 3 is 2.50 bits per heavy atom. The van der Waals surface area contributed by atoms with Gasteiger partial charge in [-0.3, -0.25) is 4.79 Å². The van der Waals surface area contributed by atoms with E-state index in [2.05, 4.69) is 44.5 Å². The van der Waals surface area contributed by atoms with E-state index in [1.165, 1.54) is 0 Å². The molecule has 0 aromatic rings. The summed E-state index contributed by atoms with van der Waals surface area (Å²) in [6.07, 6.45) is 2.94. The van der Waals surface area contributed by atoms with Gasteiger partial charge in [-0.1, -0.05) is 27.7 Å². The molecule has 0 saturated carbocycles. The van der Waals surface area contributed by atoms with Gasteiger partial charge in [0.1, 0.15) is 0 Å². The Bertz CT molecular complexity index is 311. The lowest BCUT2D eigenvalue weighted by Crippen LogP contribution is -2.48. The average molecular weight is 283 g/mol. The van der Waals surface area contributed by atoms with E-state index in [1.807, 2.05) is 0 Å². The zero-order valence-corrected chi connectivity index (χ0v) is 14.0. The minimum Gasteiger partial charge on any atom is -0.338 e. The van der Waals surface area contributed by atoms with Gasteiger partial charge in [0, 0.05) is 25.7 Å². The zero-order chi connectivity index (χ0) is 15.3. The smallest absolute Gasteiger partial charge is 0.227 e. The molecule has 1 aliphatic rings. The number of carbonyl (C=O) groups excluding carboxylic acids is 1. The molecule has 1 heterocycles. The van der Waals surface area contributed by atoms with Crippen LogP contribution in [0.3, 0.4) is 0 Å². The predicted octanol–water partition coefficient (Wildman–Crippen LogP) is 1.94. The molecule has 1 fully saturated rings.